The molecule has 2 amide bonds. The molecule has 0 N–H and O–H groups in total. The predicted octanol–water partition coefficient (Wildman–Crippen LogP) is 2.56. The molecule has 3 rings (SSSR count). The third-order valence-corrected chi connectivity index (χ3v) is 5.31. The summed E-state index contributed by atoms with van der Waals surface area (Å²) in [6, 6.07) is 8.19. The molecule has 0 saturated carbocycles. The molecule has 2 aliphatic heterocycles. The van der Waals surface area contributed by atoms with E-state index in [1.165, 1.54) is 10.6 Å². The molecule has 1 aromatic rings. The molecule has 0 radical (unpaired) electrons. The normalized spacial score (nSPS) is 18.0. The van der Waals surface area contributed by atoms with Crippen LogP contribution in [0.4, 0.5) is 5.69 Å². The smallest absolute Gasteiger partial charge is 0.229 e. The molecule has 0 aromatic heterocycles. The lowest BCUT2D eigenvalue weighted by Gasteiger charge is -2.36. The lowest BCUT2D eigenvalue weighted by atomic mass is 10.2. The van der Waals surface area contributed by atoms with Crippen LogP contribution in [0.25, 0.3) is 0 Å². The summed E-state index contributed by atoms with van der Waals surface area (Å²) in [6.45, 7) is 5.82. The minimum absolute atomic E-state index is 0. The second-order valence-electron chi connectivity index (χ2n) is 7.00. The highest BCUT2D eigenvalue weighted by Gasteiger charge is 2.27. The molecule has 0 unspecified atom stereocenters. The minimum atomic E-state index is 0. The number of imide groups is 1. The zero-order valence-corrected chi connectivity index (χ0v) is 16.9. The molecule has 2 saturated heterocycles. The first-order valence-corrected chi connectivity index (χ1v) is 9.62. The van der Waals surface area contributed by atoms with E-state index in [1.54, 1.807) is 7.11 Å². The van der Waals surface area contributed by atoms with Gasteiger partial charge in [-0.1, -0.05) is 18.6 Å². The number of amides is 2. The van der Waals surface area contributed by atoms with Gasteiger partial charge in [0.05, 0.1) is 12.8 Å². The summed E-state index contributed by atoms with van der Waals surface area (Å²) in [5.41, 5.74) is 1.18. The summed E-state index contributed by atoms with van der Waals surface area (Å²) < 4.78 is 5.47. The topological polar surface area (TPSA) is 53.1 Å². The molecular weight excluding hydrogens is 366 g/mol. The van der Waals surface area contributed by atoms with Crippen molar-refractivity contribution in [1.82, 2.24) is 9.80 Å². The van der Waals surface area contributed by atoms with Gasteiger partial charge >= 0.3 is 0 Å². The molecule has 1 aromatic carbocycles. The Morgan fingerprint density at radius 1 is 0.889 bits per heavy atom. The van der Waals surface area contributed by atoms with Crippen LogP contribution in [0.3, 0.4) is 0 Å². The van der Waals surface area contributed by atoms with Crippen molar-refractivity contribution < 1.29 is 14.3 Å². The van der Waals surface area contributed by atoms with E-state index in [4.69, 9.17) is 4.74 Å². The van der Waals surface area contributed by atoms with E-state index in [9.17, 15) is 9.59 Å². The maximum absolute atomic E-state index is 11.6. The maximum atomic E-state index is 11.6. The van der Waals surface area contributed by atoms with Gasteiger partial charge in [-0.2, -0.15) is 0 Å². The standard InChI is InChI=1S/C20H29N3O3.ClH/c1-26-18-8-4-3-7-17(18)22-15-13-21(14-16-22)11-5-2-6-12-23-19(24)9-10-20(23)25;/h3-4,7-8H,2,5-6,9-16H2,1H3;1H. The van der Waals surface area contributed by atoms with E-state index < -0.39 is 0 Å². The SMILES string of the molecule is COc1ccccc1N1CCN(CCCCCN2C(=O)CCC2=O)CC1.Cl. The largest absolute Gasteiger partial charge is 0.495 e. The molecule has 7 heteroatoms. The van der Waals surface area contributed by atoms with Crippen molar-refractivity contribution in [3.63, 3.8) is 0 Å². The van der Waals surface area contributed by atoms with E-state index >= 15 is 0 Å². The van der Waals surface area contributed by atoms with Crippen LogP contribution in [0.15, 0.2) is 24.3 Å². The van der Waals surface area contributed by atoms with Crippen LogP contribution in [-0.2, 0) is 9.59 Å². The van der Waals surface area contributed by atoms with E-state index in [2.05, 4.69) is 21.9 Å². The van der Waals surface area contributed by atoms with Crippen molar-refractivity contribution in [3.8, 4) is 5.75 Å². The highest BCUT2D eigenvalue weighted by Crippen LogP contribution is 2.28. The summed E-state index contributed by atoms with van der Waals surface area (Å²) >= 11 is 0. The fraction of sp³-hybridized carbons (Fsp3) is 0.600. The number of halogens is 1. The Bertz CT molecular complexity index is 617. The first-order valence-electron chi connectivity index (χ1n) is 9.62. The Labute approximate surface area is 167 Å². The number of piperazine rings is 1. The zero-order valence-electron chi connectivity index (χ0n) is 16.1. The number of rotatable bonds is 8. The van der Waals surface area contributed by atoms with Crippen molar-refractivity contribution in [2.75, 3.05) is 51.3 Å². The highest BCUT2D eigenvalue weighted by molar-refractivity contribution is 6.01. The average Bonchev–Trinajstić information content (AvgIpc) is 3.00. The number of ether oxygens (including phenoxy) is 1. The second kappa shape index (κ2) is 10.5. The first-order chi connectivity index (χ1) is 12.7. The number of methoxy groups -OCH3 is 1. The Morgan fingerprint density at radius 2 is 1.52 bits per heavy atom. The van der Waals surface area contributed by atoms with Crippen molar-refractivity contribution in [1.29, 1.82) is 0 Å². The number of likely N-dealkylation sites (tertiary alicyclic amines) is 1. The molecule has 2 heterocycles. The fourth-order valence-electron chi connectivity index (χ4n) is 3.76. The van der Waals surface area contributed by atoms with Gasteiger partial charge in [-0.05, 0) is 31.5 Å². The number of hydrogen-bond acceptors (Lipinski definition) is 5. The molecule has 6 nitrogen and oxygen atoms in total. The van der Waals surface area contributed by atoms with Crippen LogP contribution >= 0.6 is 12.4 Å². The second-order valence-corrected chi connectivity index (χ2v) is 7.00. The number of benzene rings is 1. The van der Waals surface area contributed by atoms with Gasteiger partial charge < -0.3 is 9.64 Å². The van der Waals surface area contributed by atoms with Crippen LogP contribution < -0.4 is 9.64 Å². The summed E-state index contributed by atoms with van der Waals surface area (Å²) in [7, 11) is 1.72. The Hall–Kier alpha value is -1.79. The van der Waals surface area contributed by atoms with Crippen molar-refractivity contribution in [3.05, 3.63) is 24.3 Å². The quantitative estimate of drug-likeness (QED) is 0.500. The zero-order chi connectivity index (χ0) is 18.4. The van der Waals surface area contributed by atoms with E-state index in [-0.39, 0.29) is 24.2 Å². The average molecular weight is 396 g/mol. The van der Waals surface area contributed by atoms with Crippen molar-refractivity contribution >= 4 is 29.9 Å². The molecule has 27 heavy (non-hydrogen) atoms. The fourth-order valence-corrected chi connectivity index (χ4v) is 3.76. The van der Waals surface area contributed by atoms with Crippen molar-refractivity contribution in [2.24, 2.45) is 0 Å². The third kappa shape index (κ3) is 5.59. The van der Waals surface area contributed by atoms with Crippen molar-refractivity contribution in [2.45, 2.75) is 32.1 Å². The van der Waals surface area contributed by atoms with Crippen LogP contribution in [0.2, 0.25) is 0 Å². The molecule has 0 atom stereocenters. The number of para-hydroxylation sites is 2. The van der Waals surface area contributed by atoms with Gasteiger partial charge in [0.15, 0.2) is 0 Å². The minimum Gasteiger partial charge on any atom is -0.495 e. The van der Waals surface area contributed by atoms with Gasteiger partial charge in [-0.15, -0.1) is 12.4 Å². The summed E-state index contributed by atoms with van der Waals surface area (Å²) in [4.78, 5) is 29.5. The molecular formula is C20H30ClN3O3. The number of carbonyl (C=O) groups excluding carboxylic acids is 2. The van der Waals surface area contributed by atoms with Crippen LogP contribution in [0.1, 0.15) is 32.1 Å². The third-order valence-electron chi connectivity index (χ3n) is 5.31. The molecule has 0 spiro atoms. The number of anilines is 1. The summed E-state index contributed by atoms with van der Waals surface area (Å²) in [6.07, 6.45) is 3.89. The van der Waals surface area contributed by atoms with E-state index in [0.29, 0.717) is 19.4 Å². The number of hydrogen-bond donors (Lipinski definition) is 0. The summed E-state index contributed by atoms with van der Waals surface area (Å²) in [5, 5.41) is 0. The maximum Gasteiger partial charge on any atom is 0.229 e. The molecule has 150 valence electrons. The first kappa shape index (κ1) is 21.5. The number of nitrogens with zero attached hydrogens (tertiary/aromatic N) is 3. The number of carbonyl (C=O) groups is 2. The molecule has 0 aliphatic carbocycles. The summed E-state index contributed by atoms with van der Waals surface area (Å²) in [5.74, 6) is 0.942. The highest BCUT2D eigenvalue weighted by atomic mass is 35.5. The molecule has 2 aliphatic rings. The van der Waals surface area contributed by atoms with E-state index in [1.807, 2.05) is 12.1 Å². The predicted molar refractivity (Wildman–Crippen MR) is 109 cm³/mol. The molecule has 2 fully saturated rings. The Kier molecular flexibility index (Phi) is 8.38. The van der Waals surface area contributed by atoms with Gasteiger partial charge in [-0.3, -0.25) is 19.4 Å². The van der Waals surface area contributed by atoms with E-state index in [0.717, 1.165) is 57.7 Å². The molecule has 0 bridgehead atoms. The van der Waals surface area contributed by atoms with Gasteiger partial charge in [0.1, 0.15) is 5.75 Å². The number of unbranched alkanes of at least 4 members (excludes halogenated alkanes) is 2. The van der Waals surface area contributed by atoms with Gasteiger partial charge in [0.25, 0.3) is 0 Å². The monoisotopic (exact) mass is 395 g/mol. The van der Waals surface area contributed by atoms with Crippen LogP contribution in [-0.4, -0.2) is 68.0 Å². The van der Waals surface area contributed by atoms with Gasteiger partial charge in [-0.25, -0.2) is 0 Å². The van der Waals surface area contributed by atoms with Gasteiger partial charge in [0, 0.05) is 45.6 Å². The van der Waals surface area contributed by atoms with Crippen LogP contribution in [0.5, 0.6) is 5.75 Å². The lowest BCUT2D eigenvalue weighted by molar-refractivity contribution is -0.138. The Balaban J connectivity index is 0.00000261. The Morgan fingerprint density at radius 3 is 2.19 bits per heavy atom. The van der Waals surface area contributed by atoms with Crippen LogP contribution in [0, 0.1) is 0 Å². The lowest BCUT2D eigenvalue weighted by Crippen LogP contribution is -2.46. The van der Waals surface area contributed by atoms with Gasteiger partial charge in [0.2, 0.25) is 11.8 Å².